The Morgan fingerprint density at radius 3 is 2.50 bits per heavy atom. The van der Waals surface area contributed by atoms with Crippen LogP contribution in [-0.2, 0) is 4.79 Å². The van der Waals surface area contributed by atoms with Crippen molar-refractivity contribution in [2.75, 3.05) is 6.61 Å². The molecule has 0 atom stereocenters. The number of benzene rings is 2. The van der Waals surface area contributed by atoms with E-state index in [4.69, 9.17) is 33.0 Å². The van der Waals surface area contributed by atoms with Crippen LogP contribution in [-0.4, -0.2) is 23.9 Å². The average Bonchev–Trinajstić information content (AvgIpc) is 2.45. The second kappa shape index (κ2) is 7.29. The van der Waals surface area contributed by atoms with Gasteiger partial charge in [0.05, 0.1) is 15.7 Å². The Labute approximate surface area is 138 Å². The Kier molecular flexibility index (Phi) is 5.41. The first-order chi connectivity index (χ1) is 10.5. The van der Waals surface area contributed by atoms with Crippen LogP contribution in [0, 0.1) is 6.92 Å². The lowest BCUT2D eigenvalue weighted by Crippen LogP contribution is -2.10. The maximum absolute atomic E-state index is 10.5. The maximum Gasteiger partial charge on any atom is 0.341 e. The molecule has 0 bridgehead atoms. The first-order valence-electron chi connectivity index (χ1n) is 6.40. The predicted molar refractivity (Wildman–Crippen MR) is 88.0 cm³/mol. The predicted octanol–water partition coefficient (Wildman–Crippen LogP) is 4.52. The molecule has 0 heterocycles. The fraction of sp³-hybridized carbons (Fsp3) is 0.125. The Hall–Kier alpha value is -2.04. The Balaban J connectivity index is 2.23. The lowest BCUT2D eigenvalue weighted by Gasteiger charge is -2.08. The van der Waals surface area contributed by atoms with Crippen molar-refractivity contribution >= 4 is 41.1 Å². The summed E-state index contributed by atoms with van der Waals surface area (Å²) in [6.45, 7) is 1.46. The number of para-hydroxylation sites is 1. The molecule has 0 aliphatic rings. The topological polar surface area (TPSA) is 58.9 Å². The maximum atomic E-state index is 10.5. The molecule has 0 aliphatic heterocycles. The number of aryl methyl sites for hydroxylation is 1. The molecule has 114 valence electrons. The number of nitrogens with zero attached hydrogens (tertiary/aromatic N) is 1. The summed E-state index contributed by atoms with van der Waals surface area (Å²) in [5, 5.41) is 9.09. The van der Waals surface area contributed by atoms with Gasteiger partial charge >= 0.3 is 5.97 Å². The lowest BCUT2D eigenvalue weighted by atomic mass is 10.2. The molecule has 0 saturated carbocycles. The van der Waals surface area contributed by atoms with Gasteiger partial charge in [-0.2, -0.15) is 0 Å². The zero-order valence-electron chi connectivity index (χ0n) is 11.7. The highest BCUT2D eigenvalue weighted by Crippen LogP contribution is 2.34. The number of carboxylic acids is 1. The monoisotopic (exact) mass is 337 g/mol. The number of carboxylic acid groups (broad SMARTS) is 1. The van der Waals surface area contributed by atoms with E-state index in [0.29, 0.717) is 5.56 Å². The van der Waals surface area contributed by atoms with E-state index in [2.05, 4.69) is 4.99 Å². The zero-order valence-corrected chi connectivity index (χ0v) is 13.2. The highest BCUT2D eigenvalue weighted by atomic mass is 35.5. The Bertz CT molecular complexity index is 706. The van der Waals surface area contributed by atoms with Crippen LogP contribution < -0.4 is 4.74 Å². The molecule has 6 heteroatoms. The molecule has 2 aromatic carbocycles. The molecule has 4 nitrogen and oxygen atoms in total. The molecule has 2 rings (SSSR count). The Morgan fingerprint density at radius 2 is 1.91 bits per heavy atom. The van der Waals surface area contributed by atoms with Crippen molar-refractivity contribution in [3.8, 4) is 5.75 Å². The SMILES string of the molecule is Cc1ccccc1N=Cc1cc(Cl)c(OCC(=O)O)c(Cl)c1. The fourth-order valence-electron chi connectivity index (χ4n) is 1.78. The molecule has 0 unspecified atom stereocenters. The number of carbonyl (C=O) groups is 1. The molecular weight excluding hydrogens is 325 g/mol. The number of ether oxygens (including phenoxy) is 1. The molecule has 0 amide bonds. The molecule has 0 fully saturated rings. The standard InChI is InChI=1S/C16H13Cl2NO3/c1-10-4-2-3-5-14(10)19-8-11-6-12(17)16(13(18)7-11)22-9-15(20)21/h2-8H,9H2,1H3,(H,20,21). The van der Waals surface area contributed by atoms with Crippen LogP contribution in [0.3, 0.4) is 0 Å². The van der Waals surface area contributed by atoms with Crippen molar-refractivity contribution in [1.29, 1.82) is 0 Å². The van der Waals surface area contributed by atoms with Crippen LogP contribution in [0.2, 0.25) is 10.0 Å². The average molecular weight is 338 g/mol. The van der Waals surface area contributed by atoms with Crippen molar-refractivity contribution in [1.82, 2.24) is 0 Å². The summed E-state index contributed by atoms with van der Waals surface area (Å²) in [6.07, 6.45) is 1.64. The molecule has 0 radical (unpaired) electrons. The van der Waals surface area contributed by atoms with Gasteiger partial charge in [-0.25, -0.2) is 4.79 Å². The number of halogens is 2. The number of rotatable bonds is 5. The van der Waals surface area contributed by atoms with E-state index >= 15 is 0 Å². The number of aliphatic carboxylic acids is 1. The van der Waals surface area contributed by atoms with Gasteiger partial charge in [-0.05, 0) is 36.2 Å². The van der Waals surface area contributed by atoms with Crippen LogP contribution in [0.1, 0.15) is 11.1 Å². The van der Waals surface area contributed by atoms with E-state index in [-0.39, 0.29) is 15.8 Å². The summed E-state index contributed by atoms with van der Waals surface area (Å²) < 4.78 is 5.06. The van der Waals surface area contributed by atoms with Gasteiger partial charge in [0.1, 0.15) is 0 Å². The molecule has 0 spiro atoms. The third-order valence-corrected chi connectivity index (χ3v) is 3.39. The van der Waals surface area contributed by atoms with Crippen LogP contribution >= 0.6 is 23.2 Å². The Morgan fingerprint density at radius 1 is 1.27 bits per heavy atom. The second-order valence-electron chi connectivity index (χ2n) is 4.54. The molecule has 1 N–H and O–H groups in total. The van der Waals surface area contributed by atoms with Crippen molar-refractivity contribution in [3.05, 3.63) is 57.6 Å². The van der Waals surface area contributed by atoms with E-state index in [1.807, 2.05) is 31.2 Å². The number of hydrogen-bond acceptors (Lipinski definition) is 3. The van der Waals surface area contributed by atoms with Crippen LogP contribution in [0.15, 0.2) is 41.4 Å². The molecule has 0 aliphatic carbocycles. The lowest BCUT2D eigenvalue weighted by molar-refractivity contribution is -0.139. The van der Waals surface area contributed by atoms with Gasteiger partial charge in [0.2, 0.25) is 0 Å². The van der Waals surface area contributed by atoms with Crippen molar-refractivity contribution < 1.29 is 14.6 Å². The van der Waals surface area contributed by atoms with E-state index in [0.717, 1.165) is 11.3 Å². The highest BCUT2D eigenvalue weighted by Gasteiger charge is 2.10. The summed E-state index contributed by atoms with van der Waals surface area (Å²) in [4.78, 5) is 14.9. The first kappa shape index (κ1) is 16.3. The van der Waals surface area contributed by atoms with Gasteiger partial charge in [0.25, 0.3) is 0 Å². The van der Waals surface area contributed by atoms with Crippen LogP contribution in [0.5, 0.6) is 5.75 Å². The van der Waals surface area contributed by atoms with Gasteiger partial charge in [-0.1, -0.05) is 41.4 Å². The summed E-state index contributed by atoms with van der Waals surface area (Å²) in [5.41, 5.74) is 2.60. The molecule has 0 aromatic heterocycles. The van der Waals surface area contributed by atoms with Crippen LogP contribution in [0.4, 0.5) is 5.69 Å². The van der Waals surface area contributed by atoms with Crippen LogP contribution in [0.25, 0.3) is 0 Å². The third-order valence-electron chi connectivity index (χ3n) is 2.83. The minimum Gasteiger partial charge on any atom is -0.479 e. The van der Waals surface area contributed by atoms with Crippen molar-refractivity contribution in [2.24, 2.45) is 4.99 Å². The molecular formula is C16H13Cl2NO3. The summed E-state index contributed by atoms with van der Waals surface area (Å²) in [5.74, 6) is -0.948. The largest absolute Gasteiger partial charge is 0.479 e. The van der Waals surface area contributed by atoms with Gasteiger partial charge < -0.3 is 9.84 Å². The van der Waals surface area contributed by atoms with E-state index in [1.165, 1.54) is 0 Å². The summed E-state index contributed by atoms with van der Waals surface area (Å²) in [7, 11) is 0. The van der Waals surface area contributed by atoms with E-state index < -0.39 is 12.6 Å². The van der Waals surface area contributed by atoms with Gasteiger partial charge in [0.15, 0.2) is 12.4 Å². The second-order valence-corrected chi connectivity index (χ2v) is 5.36. The summed E-state index contributed by atoms with van der Waals surface area (Å²) >= 11 is 12.1. The normalized spacial score (nSPS) is 10.9. The summed E-state index contributed by atoms with van der Waals surface area (Å²) in [6, 6.07) is 11.0. The molecule has 2 aromatic rings. The number of aliphatic imine (C=N–C) groups is 1. The first-order valence-corrected chi connectivity index (χ1v) is 7.16. The van der Waals surface area contributed by atoms with Gasteiger partial charge in [-0.15, -0.1) is 0 Å². The minimum atomic E-state index is -1.10. The zero-order chi connectivity index (χ0) is 16.1. The minimum absolute atomic E-state index is 0.152. The van der Waals surface area contributed by atoms with E-state index in [1.54, 1.807) is 18.3 Å². The molecule has 0 saturated heterocycles. The van der Waals surface area contributed by atoms with E-state index in [9.17, 15) is 4.79 Å². The quantitative estimate of drug-likeness (QED) is 0.816. The smallest absolute Gasteiger partial charge is 0.341 e. The van der Waals surface area contributed by atoms with Gasteiger partial charge in [0, 0.05) is 6.21 Å². The fourth-order valence-corrected chi connectivity index (χ4v) is 2.39. The van der Waals surface area contributed by atoms with Crippen molar-refractivity contribution in [3.63, 3.8) is 0 Å². The third kappa shape index (κ3) is 4.23. The van der Waals surface area contributed by atoms with Gasteiger partial charge in [-0.3, -0.25) is 4.99 Å². The number of hydrogen-bond donors (Lipinski definition) is 1. The van der Waals surface area contributed by atoms with Crippen molar-refractivity contribution in [2.45, 2.75) is 6.92 Å². The highest BCUT2D eigenvalue weighted by molar-refractivity contribution is 6.37. The molecule has 22 heavy (non-hydrogen) atoms.